The molecular weight excluding hydrogens is 360 g/mol. The van der Waals surface area contributed by atoms with Gasteiger partial charge in [0, 0.05) is 15.6 Å². The third-order valence-electron chi connectivity index (χ3n) is 2.86. The number of halogens is 1. The van der Waals surface area contributed by atoms with Crippen molar-refractivity contribution in [2.75, 3.05) is 0 Å². The molecule has 23 heavy (non-hydrogen) atoms. The van der Waals surface area contributed by atoms with E-state index in [2.05, 4.69) is 15.9 Å². The van der Waals surface area contributed by atoms with Crippen molar-refractivity contribution in [1.29, 1.82) is 0 Å². The van der Waals surface area contributed by atoms with Gasteiger partial charge >= 0.3 is 5.97 Å². The predicted octanol–water partition coefficient (Wildman–Crippen LogP) is 4.57. The normalized spacial score (nSPS) is 11.1. The first-order valence-corrected chi connectivity index (χ1v) is 7.86. The maximum atomic E-state index is 12.3. The van der Waals surface area contributed by atoms with E-state index in [0.29, 0.717) is 16.7 Å². The van der Waals surface area contributed by atoms with Gasteiger partial charge in [-0.05, 0) is 57.2 Å². The van der Waals surface area contributed by atoms with E-state index in [-0.39, 0.29) is 5.78 Å². The highest BCUT2D eigenvalue weighted by atomic mass is 79.9. The summed E-state index contributed by atoms with van der Waals surface area (Å²) in [6.45, 7) is 5.33. The number of rotatable bonds is 4. The number of hydrogen-bond acceptors (Lipinski definition) is 4. The van der Waals surface area contributed by atoms with Crippen molar-refractivity contribution in [3.8, 4) is 0 Å². The van der Waals surface area contributed by atoms with E-state index in [0.717, 1.165) is 4.47 Å². The van der Waals surface area contributed by atoms with Gasteiger partial charge in [0.1, 0.15) is 5.60 Å². The van der Waals surface area contributed by atoms with Crippen LogP contribution in [0.5, 0.6) is 0 Å². The molecule has 4 nitrogen and oxygen atoms in total. The van der Waals surface area contributed by atoms with E-state index in [1.165, 1.54) is 0 Å². The molecule has 0 saturated heterocycles. The Morgan fingerprint density at radius 3 is 1.74 bits per heavy atom. The molecule has 0 N–H and O–H groups in total. The zero-order valence-corrected chi connectivity index (χ0v) is 14.7. The Hall–Kier alpha value is -1.98. The summed E-state index contributed by atoms with van der Waals surface area (Å²) in [4.78, 5) is 33.9. The molecule has 5 heteroatoms. The van der Waals surface area contributed by atoms with Crippen molar-refractivity contribution in [3.63, 3.8) is 0 Å². The van der Waals surface area contributed by atoms with Crippen molar-refractivity contribution in [2.45, 2.75) is 26.4 Å². The molecule has 0 aromatic heterocycles. The highest BCUT2D eigenvalue weighted by molar-refractivity contribution is 9.10. The molecule has 0 saturated carbocycles. The Labute approximate surface area is 143 Å². The molecule has 0 aliphatic rings. The monoisotopic (exact) mass is 376 g/mol. The van der Waals surface area contributed by atoms with Crippen LogP contribution in [0.15, 0.2) is 53.0 Å². The fourth-order valence-electron chi connectivity index (χ4n) is 1.74. The van der Waals surface area contributed by atoms with Crippen LogP contribution in [-0.4, -0.2) is 17.4 Å². The number of hydrogen-bond donors (Lipinski definition) is 0. The van der Waals surface area contributed by atoms with Crippen molar-refractivity contribution in [1.82, 2.24) is 0 Å². The minimum atomic E-state index is -0.595. The molecule has 0 fully saturated rings. The predicted molar refractivity (Wildman–Crippen MR) is 90.3 cm³/mol. The summed E-state index contributed by atoms with van der Waals surface area (Å²) in [5.41, 5.74) is 0.828. The Morgan fingerprint density at radius 1 is 0.826 bits per heavy atom. The van der Waals surface area contributed by atoms with E-state index in [1.807, 2.05) is 12.1 Å². The summed E-state index contributed by atoms with van der Waals surface area (Å²) in [5.74, 6) is -0.703. The van der Waals surface area contributed by atoms with Crippen molar-refractivity contribution in [3.05, 3.63) is 69.7 Å². The smallest absolute Gasteiger partial charge is 0.292 e. The van der Waals surface area contributed by atoms with Crippen LogP contribution < -0.4 is 0 Å². The summed E-state index contributed by atoms with van der Waals surface area (Å²) >= 11 is 3.33. The van der Waals surface area contributed by atoms with Gasteiger partial charge in [-0.3, -0.25) is 9.68 Å². The second-order valence-corrected chi connectivity index (χ2v) is 6.90. The van der Waals surface area contributed by atoms with Crippen molar-refractivity contribution < 1.29 is 19.4 Å². The third-order valence-corrected chi connectivity index (χ3v) is 3.39. The molecular formula is C18H17BrO4. The molecule has 0 amide bonds. The van der Waals surface area contributed by atoms with E-state index in [1.54, 1.807) is 57.2 Å². The molecule has 0 bridgehead atoms. The Kier molecular flexibility index (Phi) is 5.34. The Balaban J connectivity index is 2.08. The highest BCUT2D eigenvalue weighted by Gasteiger charge is 2.17. The summed E-state index contributed by atoms with van der Waals surface area (Å²) < 4.78 is 0.908. The van der Waals surface area contributed by atoms with Crippen LogP contribution in [0.1, 0.15) is 47.1 Å². The van der Waals surface area contributed by atoms with Crippen LogP contribution in [-0.2, 0) is 9.78 Å². The summed E-state index contributed by atoms with van der Waals surface area (Å²) in [7, 11) is 0. The molecule has 2 aromatic rings. The zero-order valence-electron chi connectivity index (χ0n) is 13.1. The van der Waals surface area contributed by atoms with Crippen LogP contribution in [0.25, 0.3) is 0 Å². The Bertz CT molecular complexity index is 697. The van der Waals surface area contributed by atoms with Crippen LogP contribution in [0.2, 0.25) is 0 Å². The topological polar surface area (TPSA) is 52.6 Å². The molecule has 0 aliphatic carbocycles. The summed E-state index contributed by atoms with van der Waals surface area (Å²) in [5, 5.41) is 0. The molecule has 2 aromatic carbocycles. The van der Waals surface area contributed by atoms with Crippen molar-refractivity contribution in [2.24, 2.45) is 0 Å². The van der Waals surface area contributed by atoms with Gasteiger partial charge in [0.25, 0.3) is 0 Å². The maximum absolute atomic E-state index is 12.3. The molecule has 0 atom stereocenters. The van der Waals surface area contributed by atoms with Gasteiger partial charge in [0.05, 0.1) is 5.56 Å². The average Bonchev–Trinajstić information content (AvgIpc) is 2.52. The molecule has 0 aliphatic heterocycles. The summed E-state index contributed by atoms with van der Waals surface area (Å²) in [6, 6.07) is 13.4. The first kappa shape index (κ1) is 17.4. The van der Waals surface area contributed by atoms with Crippen LogP contribution in [0.3, 0.4) is 0 Å². The SMILES string of the molecule is CC(C)(C)OOC(=O)c1ccc(C(=O)c2ccc(Br)cc2)cc1. The lowest BCUT2D eigenvalue weighted by molar-refractivity contribution is -0.301. The van der Waals surface area contributed by atoms with Gasteiger partial charge in [-0.15, -0.1) is 0 Å². The fourth-order valence-corrected chi connectivity index (χ4v) is 2.00. The first-order chi connectivity index (χ1) is 10.8. The second-order valence-electron chi connectivity index (χ2n) is 5.98. The van der Waals surface area contributed by atoms with Gasteiger partial charge in [-0.25, -0.2) is 4.79 Å². The van der Waals surface area contributed by atoms with E-state index >= 15 is 0 Å². The number of benzene rings is 2. The van der Waals surface area contributed by atoms with Gasteiger partial charge in [0.15, 0.2) is 5.78 Å². The van der Waals surface area contributed by atoms with E-state index in [4.69, 9.17) is 9.78 Å². The molecule has 0 radical (unpaired) electrons. The largest absolute Gasteiger partial charge is 0.373 e. The Morgan fingerprint density at radius 2 is 1.26 bits per heavy atom. The number of ketones is 1. The van der Waals surface area contributed by atoms with Gasteiger partial charge < -0.3 is 0 Å². The minimum Gasteiger partial charge on any atom is -0.292 e. The first-order valence-electron chi connectivity index (χ1n) is 7.06. The van der Waals surface area contributed by atoms with Crippen molar-refractivity contribution >= 4 is 27.7 Å². The number of carbonyl (C=O) groups excluding carboxylic acids is 2. The molecule has 0 heterocycles. The molecule has 2 rings (SSSR count). The number of carbonyl (C=O) groups is 2. The van der Waals surface area contributed by atoms with Gasteiger partial charge in [-0.2, -0.15) is 4.89 Å². The van der Waals surface area contributed by atoms with Crippen LogP contribution in [0, 0.1) is 0 Å². The highest BCUT2D eigenvalue weighted by Crippen LogP contribution is 2.16. The lowest BCUT2D eigenvalue weighted by atomic mass is 10.0. The maximum Gasteiger partial charge on any atom is 0.373 e. The van der Waals surface area contributed by atoms with Gasteiger partial charge in [-0.1, -0.05) is 28.1 Å². The van der Waals surface area contributed by atoms with Gasteiger partial charge in [0.2, 0.25) is 0 Å². The quantitative estimate of drug-likeness (QED) is 0.445. The van der Waals surface area contributed by atoms with E-state index in [9.17, 15) is 9.59 Å². The zero-order chi connectivity index (χ0) is 17.0. The van der Waals surface area contributed by atoms with E-state index < -0.39 is 11.6 Å². The third kappa shape index (κ3) is 5.01. The fraction of sp³-hybridized carbons (Fsp3) is 0.222. The molecule has 120 valence electrons. The standard InChI is InChI=1S/C18H17BrO4/c1-18(2,3)23-22-17(21)14-6-4-12(5-7-14)16(20)13-8-10-15(19)11-9-13/h4-11H,1-3H3. The second kappa shape index (κ2) is 7.06. The van der Waals surface area contributed by atoms with Crippen LogP contribution >= 0.6 is 15.9 Å². The summed E-state index contributed by atoms with van der Waals surface area (Å²) in [6.07, 6.45) is 0. The lowest BCUT2D eigenvalue weighted by Gasteiger charge is -2.16. The minimum absolute atomic E-state index is 0.108. The van der Waals surface area contributed by atoms with Crippen LogP contribution in [0.4, 0.5) is 0 Å². The average molecular weight is 377 g/mol. The lowest BCUT2D eigenvalue weighted by Crippen LogP contribution is -2.21. The molecule has 0 spiro atoms. The molecule has 0 unspecified atom stereocenters.